The maximum absolute atomic E-state index is 11.5. The molecule has 0 saturated heterocycles. The summed E-state index contributed by atoms with van der Waals surface area (Å²) in [7, 11) is -2.98. The van der Waals surface area contributed by atoms with Gasteiger partial charge in [-0.2, -0.15) is 0 Å². The van der Waals surface area contributed by atoms with E-state index in [0.29, 0.717) is 0 Å². The SMILES string of the molecule is CC(C)S(=O)(=O)CCOC1CCCCC1N. The van der Waals surface area contributed by atoms with Gasteiger partial charge in [0.15, 0.2) is 9.84 Å². The maximum atomic E-state index is 11.5. The normalized spacial score (nSPS) is 27.2. The fourth-order valence-electron chi connectivity index (χ4n) is 1.88. The summed E-state index contributed by atoms with van der Waals surface area (Å²) in [5.74, 6) is 0.105. The van der Waals surface area contributed by atoms with E-state index in [-0.39, 0.29) is 29.8 Å². The zero-order valence-corrected chi connectivity index (χ0v) is 11.0. The van der Waals surface area contributed by atoms with E-state index in [0.717, 1.165) is 25.7 Å². The van der Waals surface area contributed by atoms with Crippen LogP contribution < -0.4 is 5.73 Å². The lowest BCUT2D eigenvalue weighted by molar-refractivity contribution is 0.0238. The van der Waals surface area contributed by atoms with Gasteiger partial charge in [-0.05, 0) is 26.7 Å². The number of hydrogen-bond acceptors (Lipinski definition) is 4. The summed E-state index contributed by atoms with van der Waals surface area (Å²) in [6.45, 7) is 3.67. The van der Waals surface area contributed by atoms with Crippen LogP contribution in [0.1, 0.15) is 39.5 Å². The van der Waals surface area contributed by atoms with Crippen LogP contribution in [-0.2, 0) is 14.6 Å². The van der Waals surface area contributed by atoms with Gasteiger partial charge < -0.3 is 10.5 Å². The van der Waals surface area contributed by atoms with Gasteiger partial charge in [-0.3, -0.25) is 0 Å². The summed E-state index contributed by atoms with van der Waals surface area (Å²) >= 11 is 0. The van der Waals surface area contributed by atoms with Crippen molar-refractivity contribution in [3.63, 3.8) is 0 Å². The molecule has 0 bridgehead atoms. The topological polar surface area (TPSA) is 69.4 Å². The van der Waals surface area contributed by atoms with Crippen LogP contribution in [0, 0.1) is 0 Å². The average molecular weight is 249 g/mol. The number of nitrogens with two attached hydrogens (primary N) is 1. The first kappa shape index (κ1) is 13.9. The second-order valence-corrected chi connectivity index (χ2v) is 7.45. The van der Waals surface area contributed by atoms with E-state index in [1.54, 1.807) is 13.8 Å². The molecule has 1 saturated carbocycles. The van der Waals surface area contributed by atoms with Crippen molar-refractivity contribution in [1.29, 1.82) is 0 Å². The lowest BCUT2D eigenvalue weighted by Gasteiger charge is -2.28. The number of rotatable bonds is 5. The Balaban J connectivity index is 2.30. The molecule has 16 heavy (non-hydrogen) atoms. The molecule has 2 N–H and O–H groups in total. The van der Waals surface area contributed by atoms with Gasteiger partial charge in [-0.1, -0.05) is 12.8 Å². The van der Waals surface area contributed by atoms with Crippen LogP contribution in [0.15, 0.2) is 0 Å². The largest absolute Gasteiger partial charge is 0.376 e. The fraction of sp³-hybridized carbons (Fsp3) is 1.00. The average Bonchev–Trinajstić information content (AvgIpc) is 2.20. The highest BCUT2D eigenvalue weighted by atomic mass is 32.2. The molecular formula is C11H23NO3S. The Morgan fingerprint density at radius 1 is 1.31 bits per heavy atom. The first-order chi connectivity index (χ1) is 7.43. The molecule has 1 aliphatic rings. The Kier molecular flexibility index (Phi) is 5.21. The summed E-state index contributed by atoms with van der Waals surface area (Å²) in [4.78, 5) is 0. The summed E-state index contributed by atoms with van der Waals surface area (Å²) in [6.07, 6.45) is 4.29. The molecule has 0 aromatic carbocycles. The third-order valence-corrected chi connectivity index (χ3v) is 5.34. The van der Waals surface area contributed by atoms with Gasteiger partial charge in [-0.25, -0.2) is 8.42 Å². The van der Waals surface area contributed by atoms with Gasteiger partial charge in [0, 0.05) is 6.04 Å². The predicted molar refractivity (Wildman–Crippen MR) is 65.1 cm³/mol. The van der Waals surface area contributed by atoms with Gasteiger partial charge in [0.2, 0.25) is 0 Å². The van der Waals surface area contributed by atoms with Gasteiger partial charge in [-0.15, -0.1) is 0 Å². The Hall–Kier alpha value is -0.130. The molecule has 4 nitrogen and oxygen atoms in total. The molecule has 0 aliphatic heterocycles. The summed E-state index contributed by atoms with van der Waals surface area (Å²) in [5, 5.41) is -0.323. The first-order valence-electron chi connectivity index (χ1n) is 6.02. The highest BCUT2D eigenvalue weighted by Crippen LogP contribution is 2.19. The van der Waals surface area contributed by atoms with Crippen molar-refractivity contribution in [1.82, 2.24) is 0 Å². The maximum Gasteiger partial charge on any atom is 0.154 e. The van der Waals surface area contributed by atoms with Crippen LogP contribution in [0.5, 0.6) is 0 Å². The molecule has 0 amide bonds. The molecule has 0 spiro atoms. The number of sulfone groups is 1. The smallest absolute Gasteiger partial charge is 0.154 e. The second-order valence-electron chi connectivity index (χ2n) is 4.77. The standard InChI is InChI=1S/C11H23NO3S/c1-9(2)16(13,14)8-7-15-11-6-4-3-5-10(11)12/h9-11H,3-8,12H2,1-2H3. The molecule has 0 radical (unpaired) electrons. The van der Waals surface area contributed by atoms with E-state index >= 15 is 0 Å². The Labute approximate surface area is 98.5 Å². The van der Waals surface area contributed by atoms with Crippen molar-refractivity contribution in [2.75, 3.05) is 12.4 Å². The second kappa shape index (κ2) is 5.98. The third-order valence-electron chi connectivity index (χ3n) is 3.17. The van der Waals surface area contributed by atoms with Crippen molar-refractivity contribution in [2.45, 2.75) is 56.9 Å². The third kappa shape index (κ3) is 4.03. The summed E-state index contributed by atoms with van der Waals surface area (Å²) in [6, 6.07) is 0.0792. The highest BCUT2D eigenvalue weighted by Gasteiger charge is 2.23. The molecular weight excluding hydrogens is 226 g/mol. The van der Waals surface area contributed by atoms with E-state index in [9.17, 15) is 8.42 Å². The van der Waals surface area contributed by atoms with Gasteiger partial charge in [0.25, 0.3) is 0 Å². The Morgan fingerprint density at radius 2 is 1.94 bits per heavy atom. The fourth-order valence-corrected chi connectivity index (χ4v) is 2.68. The minimum atomic E-state index is -2.98. The molecule has 0 heterocycles. The lowest BCUT2D eigenvalue weighted by atomic mass is 9.93. The molecule has 2 atom stereocenters. The zero-order chi connectivity index (χ0) is 12.2. The predicted octanol–water partition coefficient (Wildman–Crippen LogP) is 1.10. The van der Waals surface area contributed by atoms with Crippen molar-refractivity contribution in [3.05, 3.63) is 0 Å². The highest BCUT2D eigenvalue weighted by molar-refractivity contribution is 7.91. The van der Waals surface area contributed by atoms with Crippen LogP contribution >= 0.6 is 0 Å². The molecule has 1 fully saturated rings. The van der Waals surface area contributed by atoms with Crippen molar-refractivity contribution >= 4 is 9.84 Å². The van der Waals surface area contributed by atoms with E-state index < -0.39 is 9.84 Å². The minimum Gasteiger partial charge on any atom is -0.376 e. The van der Waals surface area contributed by atoms with Gasteiger partial charge in [0.05, 0.1) is 23.7 Å². The Bertz CT molecular complexity index is 300. The molecule has 1 aliphatic carbocycles. The van der Waals surface area contributed by atoms with Crippen molar-refractivity contribution in [3.8, 4) is 0 Å². The van der Waals surface area contributed by atoms with Crippen LogP contribution in [-0.4, -0.2) is 38.2 Å². The Morgan fingerprint density at radius 3 is 2.50 bits per heavy atom. The van der Waals surface area contributed by atoms with E-state index in [1.165, 1.54) is 0 Å². The van der Waals surface area contributed by atoms with Gasteiger partial charge in [0.1, 0.15) is 0 Å². The van der Waals surface area contributed by atoms with Crippen LogP contribution in [0.4, 0.5) is 0 Å². The molecule has 96 valence electrons. The number of ether oxygens (including phenoxy) is 1. The van der Waals surface area contributed by atoms with Crippen LogP contribution in [0.25, 0.3) is 0 Å². The quantitative estimate of drug-likeness (QED) is 0.792. The van der Waals surface area contributed by atoms with Gasteiger partial charge >= 0.3 is 0 Å². The van der Waals surface area contributed by atoms with Crippen molar-refractivity contribution < 1.29 is 13.2 Å². The summed E-state index contributed by atoms with van der Waals surface area (Å²) < 4.78 is 28.7. The van der Waals surface area contributed by atoms with Crippen molar-refractivity contribution in [2.24, 2.45) is 5.73 Å². The van der Waals surface area contributed by atoms with Crippen LogP contribution in [0.3, 0.4) is 0 Å². The van der Waals surface area contributed by atoms with E-state index in [1.807, 2.05) is 0 Å². The van der Waals surface area contributed by atoms with E-state index in [2.05, 4.69) is 0 Å². The van der Waals surface area contributed by atoms with E-state index in [4.69, 9.17) is 10.5 Å². The number of hydrogen-bond donors (Lipinski definition) is 1. The molecule has 0 aromatic rings. The monoisotopic (exact) mass is 249 g/mol. The molecule has 5 heteroatoms. The minimum absolute atomic E-state index is 0.0520. The molecule has 0 aromatic heterocycles. The first-order valence-corrected chi connectivity index (χ1v) is 7.74. The van der Waals surface area contributed by atoms with Crippen LogP contribution in [0.2, 0.25) is 0 Å². The molecule has 1 rings (SSSR count). The lowest BCUT2D eigenvalue weighted by Crippen LogP contribution is -2.40. The molecule has 2 unspecified atom stereocenters. The zero-order valence-electron chi connectivity index (χ0n) is 10.2. The summed E-state index contributed by atoms with van der Waals surface area (Å²) in [5.41, 5.74) is 5.91.